The van der Waals surface area contributed by atoms with E-state index in [4.69, 9.17) is 9.47 Å². The number of fused-ring (bicyclic) bond motifs is 5. The van der Waals surface area contributed by atoms with Gasteiger partial charge in [-0.25, -0.2) is 0 Å². The molecule has 4 fully saturated rings. The Balaban J connectivity index is 1.66. The van der Waals surface area contributed by atoms with Crippen molar-refractivity contribution in [2.75, 3.05) is 0 Å². The molecule has 4 rings (SSSR count). The van der Waals surface area contributed by atoms with Crippen LogP contribution in [0, 0.1) is 52.3 Å². The summed E-state index contributed by atoms with van der Waals surface area (Å²) in [5, 5.41) is 9.22. The van der Waals surface area contributed by atoms with Gasteiger partial charge < -0.3 is 14.6 Å². The van der Waals surface area contributed by atoms with Gasteiger partial charge in [0.1, 0.15) is 12.2 Å². The fourth-order valence-electron chi connectivity index (χ4n) is 9.89. The molecule has 0 radical (unpaired) electrons. The first-order chi connectivity index (χ1) is 16.2. The number of hydrogen-bond acceptors (Lipinski definition) is 5. The van der Waals surface area contributed by atoms with Crippen LogP contribution in [0.25, 0.3) is 0 Å². The molecular formula is C28H44O6. The number of ether oxygens (including phenoxy) is 2. The van der Waals surface area contributed by atoms with E-state index in [1.54, 1.807) is 0 Å². The molecule has 5 unspecified atom stereocenters. The van der Waals surface area contributed by atoms with Gasteiger partial charge in [-0.2, -0.15) is 0 Å². The molecular weight excluding hydrogens is 432 g/mol. The number of hydrogen-bond donors (Lipinski definition) is 1. The van der Waals surface area contributed by atoms with Crippen molar-refractivity contribution in [1.29, 1.82) is 0 Å². The molecule has 6 heteroatoms. The zero-order valence-electron chi connectivity index (χ0n) is 21.4. The lowest BCUT2D eigenvalue weighted by Crippen LogP contribution is -2.62. The highest BCUT2D eigenvalue weighted by atomic mass is 16.5. The Bertz CT molecular complexity index is 768. The molecule has 0 aromatic carbocycles. The van der Waals surface area contributed by atoms with Crippen molar-refractivity contribution in [2.24, 2.45) is 52.3 Å². The monoisotopic (exact) mass is 476 g/mol. The smallest absolute Gasteiger partial charge is 0.303 e. The summed E-state index contributed by atoms with van der Waals surface area (Å²) in [6, 6.07) is 0. The van der Waals surface area contributed by atoms with Crippen molar-refractivity contribution < 1.29 is 29.0 Å². The lowest BCUT2D eigenvalue weighted by atomic mass is 9.41. The molecule has 11 atom stereocenters. The summed E-state index contributed by atoms with van der Waals surface area (Å²) in [5.74, 6) is 2.24. The molecule has 192 valence electrons. The first-order valence-corrected chi connectivity index (χ1v) is 13.6. The molecule has 34 heavy (non-hydrogen) atoms. The van der Waals surface area contributed by atoms with E-state index in [2.05, 4.69) is 27.7 Å². The fraction of sp³-hybridized carbons (Fsp3) is 0.893. The van der Waals surface area contributed by atoms with Crippen LogP contribution in [0.5, 0.6) is 0 Å². The highest BCUT2D eigenvalue weighted by Gasteiger charge is 2.65. The van der Waals surface area contributed by atoms with E-state index in [1.807, 2.05) is 0 Å². The van der Waals surface area contributed by atoms with E-state index in [9.17, 15) is 19.5 Å². The standard InChI is InChI=1S/C28H44O6/c1-5-19-23-14-18(33-15-29)10-12-28(23,4)22-11-13-27(3)20(17(2)6-9-24(31)32)7-8-21(27)25(22)26(19)34-16-30/h15-23,25-26H,5-14H2,1-4H3,(H,31,32)/t17-,18-,19-,20?,21+,22+,23?,25+,26?,27?,28?/m1/s1. The van der Waals surface area contributed by atoms with Crippen molar-refractivity contribution in [3.8, 4) is 0 Å². The first kappa shape index (κ1) is 25.5. The second-order valence-corrected chi connectivity index (χ2v) is 12.4. The Morgan fingerprint density at radius 2 is 1.68 bits per heavy atom. The quantitative estimate of drug-likeness (QED) is 0.444. The van der Waals surface area contributed by atoms with E-state index < -0.39 is 5.97 Å². The van der Waals surface area contributed by atoms with Crippen LogP contribution in [0.4, 0.5) is 0 Å². The van der Waals surface area contributed by atoms with Gasteiger partial charge in [0.05, 0.1) is 0 Å². The lowest BCUT2D eigenvalue weighted by molar-refractivity contribution is -0.213. The van der Waals surface area contributed by atoms with Crippen LogP contribution < -0.4 is 0 Å². The number of carbonyl (C=O) groups is 3. The van der Waals surface area contributed by atoms with Gasteiger partial charge in [0.15, 0.2) is 0 Å². The van der Waals surface area contributed by atoms with Crippen molar-refractivity contribution in [2.45, 2.75) is 104 Å². The molecule has 0 saturated heterocycles. The molecule has 0 amide bonds. The third-order valence-electron chi connectivity index (χ3n) is 11.4. The van der Waals surface area contributed by atoms with Gasteiger partial charge in [0.2, 0.25) is 0 Å². The normalized spacial score (nSPS) is 46.4. The van der Waals surface area contributed by atoms with Crippen molar-refractivity contribution >= 4 is 18.9 Å². The number of carboxylic acid groups (broad SMARTS) is 1. The molecule has 0 spiro atoms. The van der Waals surface area contributed by atoms with Crippen LogP contribution in [0.1, 0.15) is 91.9 Å². The maximum absolute atomic E-state index is 11.8. The summed E-state index contributed by atoms with van der Waals surface area (Å²) in [5.41, 5.74) is 0.341. The van der Waals surface area contributed by atoms with E-state index >= 15 is 0 Å². The Labute approximate surface area is 204 Å². The molecule has 4 saturated carbocycles. The third-order valence-corrected chi connectivity index (χ3v) is 11.4. The van der Waals surface area contributed by atoms with Crippen LogP contribution in [-0.2, 0) is 23.9 Å². The number of aliphatic carboxylic acids is 1. The Morgan fingerprint density at radius 3 is 2.32 bits per heavy atom. The SMILES string of the molecule is CC[C@H]1C(OC=O)[C@@H]2[C@H](CCC3(C)C([C@H](C)CCC(=O)O)CC[C@@H]23)C2(C)CC[C@@H](OC=O)CC12. The average Bonchev–Trinajstić information content (AvgIpc) is 3.16. The lowest BCUT2D eigenvalue weighted by Gasteiger charge is -2.65. The van der Waals surface area contributed by atoms with E-state index in [-0.39, 0.29) is 35.4 Å². The summed E-state index contributed by atoms with van der Waals surface area (Å²) in [4.78, 5) is 34.0. The van der Waals surface area contributed by atoms with Gasteiger partial charge in [0, 0.05) is 12.3 Å². The molecule has 0 heterocycles. The van der Waals surface area contributed by atoms with Crippen molar-refractivity contribution in [3.05, 3.63) is 0 Å². The van der Waals surface area contributed by atoms with Crippen LogP contribution in [-0.4, -0.2) is 36.2 Å². The molecule has 6 nitrogen and oxygen atoms in total. The van der Waals surface area contributed by atoms with Gasteiger partial charge in [-0.1, -0.05) is 27.7 Å². The molecule has 1 N–H and O–H groups in total. The molecule has 0 bridgehead atoms. The van der Waals surface area contributed by atoms with Crippen LogP contribution in [0.15, 0.2) is 0 Å². The van der Waals surface area contributed by atoms with Gasteiger partial charge in [-0.05, 0) is 104 Å². The number of carbonyl (C=O) groups excluding carboxylic acids is 2. The second-order valence-electron chi connectivity index (χ2n) is 12.4. The average molecular weight is 477 g/mol. The highest BCUT2D eigenvalue weighted by Crippen LogP contribution is 2.70. The zero-order chi connectivity index (χ0) is 24.7. The molecule has 4 aliphatic carbocycles. The minimum atomic E-state index is -0.707. The summed E-state index contributed by atoms with van der Waals surface area (Å²) < 4.78 is 11.4. The third kappa shape index (κ3) is 4.07. The summed E-state index contributed by atoms with van der Waals surface area (Å²) in [6.45, 7) is 10.6. The summed E-state index contributed by atoms with van der Waals surface area (Å²) in [6.07, 6.45) is 9.26. The first-order valence-electron chi connectivity index (χ1n) is 13.6. The van der Waals surface area contributed by atoms with Crippen LogP contribution >= 0.6 is 0 Å². The molecule has 4 aliphatic rings. The van der Waals surface area contributed by atoms with E-state index in [0.717, 1.165) is 51.4 Å². The van der Waals surface area contributed by atoms with Gasteiger partial charge in [-0.15, -0.1) is 0 Å². The second kappa shape index (κ2) is 9.81. The van der Waals surface area contributed by atoms with Crippen molar-refractivity contribution in [3.63, 3.8) is 0 Å². The predicted octanol–water partition coefficient (Wildman–Crippen LogP) is 5.48. The minimum absolute atomic E-state index is 0.0298. The minimum Gasteiger partial charge on any atom is -0.481 e. The highest BCUT2D eigenvalue weighted by molar-refractivity contribution is 5.66. The molecule has 0 aromatic rings. The largest absolute Gasteiger partial charge is 0.481 e. The maximum atomic E-state index is 11.8. The fourth-order valence-corrected chi connectivity index (χ4v) is 9.89. The van der Waals surface area contributed by atoms with Gasteiger partial charge >= 0.3 is 5.97 Å². The predicted molar refractivity (Wildman–Crippen MR) is 128 cm³/mol. The van der Waals surface area contributed by atoms with Gasteiger partial charge in [0.25, 0.3) is 12.9 Å². The van der Waals surface area contributed by atoms with Crippen LogP contribution in [0.2, 0.25) is 0 Å². The Kier molecular flexibility index (Phi) is 7.36. The summed E-state index contributed by atoms with van der Waals surface area (Å²) in [7, 11) is 0. The maximum Gasteiger partial charge on any atom is 0.303 e. The Hall–Kier alpha value is -1.59. The topological polar surface area (TPSA) is 89.9 Å². The molecule has 0 aromatic heterocycles. The number of rotatable bonds is 9. The zero-order valence-corrected chi connectivity index (χ0v) is 21.4. The molecule has 0 aliphatic heterocycles. The number of carboxylic acids is 1. The summed E-state index contributed by atoms with van der Waals surface area (Å²) >= 11 is 0. The Morgan fingerprint density at radius 1 is 1.00 bits per heavy atom. The van der Waals surface area contributed by atoms with E-state index in [1.165, 1.54) is 6.42 Å². The van der Waals surface area contributed by atoms with E-state index in [0.29, 0.717) is 48.5 Å². The van der Waals surface area contributed by atoms with Gasteiger partial charge in [-0.3, -0.25) is 14.4 Å². The van der Waals surface area contributed by atoms with Crippen LogP contribution in [0.3, 0.4) is 0 Å². The van der Waals surface area contributed by atoms with Crippen molar-refractivity contribution in [1.82, 2.24) is 0 Å².